The van der Waals surface area contributed by atoms with Gasteiger partial charge in [-0.05, 0) is 54.4 Å². The van der Waals surface area contributed by atoms with Crippen LogP contribution in [0.25, 0.3) is 0 Å². The van der Waals surface area contributed by atoms with Crippen LogP contribution in [-0.4, -0.2) is 73.4 Å². The molecular formula is C28H31N7O3. The highest BCUT2D eigenvalue weighted by Crippen LogP contribution is 2.32. The lowest BCUT2D eigenvalue weighted by atomic mass is 10.1. The first-order chi connectivity index (χ1) is 18.7. The number of carbonyl (C=O) groups excluding carboxylic acids is 1. The number of nitrogens with zero attached hydrogens (tertiary/aromatic N) is 4. The Morgan fingerprint density at radius 3 is 2.68 bits per heavy atom. The SMILES string of the molecule is C#CCOc1ccc(Nc2ccnc(Nc3ccc4c(c3)N(C(=O)NCCN3CCOCC3)CC4)n2)cc1. The van der Waals surface area contributed by atoms with Crippen molar-refractivity contribution in [1.29, 1.82) is 0 Å². The summed E-state index contributed by atoms with van der Waals surface area (Å²) in [6.07, 6.45) is 7.75. The molecule has 2 aromatic carbocycles. The summed E-state index contributed by atoms with van der Waals surface area (Å²) >= 11 is 0. The summed E-state index contributed by atoms with van der Waals surface area (Å²) in [7, 11) is 0. The van der Waals surface area contributed by atoms with Gasteiger partial charge in [0.25, 0.3) is 0 Å². The Balaban J connectivity index is 1.19. The van der Waals surface area contributed by atoms with E-state index in [1.165, 1.54) is 0 Å². The number of benzene rings is 2. The maximum atomic E-state index is 12.9. The zero-order valence-electron chi connectivity index (χ0n) is 21.2. The number of nitrogens with one attached hydrogen (secondary N) is 3. The van der Waals surface area contributed by atoms with E-state index in [4.69, 9.17) is 15.9 Å². The topological polar surface area (TPSA) is 104 Å². The molecule has 1 fully saturated rings. The fraction of sp³-hybridized carbons (Fsp3) is 0.321. The van der Waals surface area contributed by atoms with E-state index in [0.29, 0.717) is 30.6 Å². The van der Waals surface area contributed by atoms with E-state index in [-0.39, 0.29) is 12.6 Å². The molecule has 1 saturated heterocycles. The molecule has 38 heavy (non-hydrogen) atoms. The summed E-state index contributed by atoms with van der Waals surface area (Å²) in [6, 6.07) is 15.2. The van der Waals surface area contributed by atoms with Crippen molar-refractivity contribution < 1.29 is 14.3 Å². The number of urea groups is 1. The predicted molar refractivity (Wildman–Crippen MR) is 148 cm³/mol. The minimum absolute atomic E-state index is 0.0766. The largest absolute Gasteiger partial charge is 0.481 e. The lowest BCUT2D eigenvalue weighted by molar-refractivity contribution is 0.0387. The Morgan fingerprint density at radius 2 is 1.87 bits per heavy atom. The molecule has 3 N–H and O–H groups in total. The normalized spacial score (nSPS) is 14.9. The molecule has 0 spiro atoms. The maximum absolute atomic E-state index is 12.9. The van der Waals surface area contributed by atoms with Crippen LogP contribution in [0.2, 0.25) is 0 Å². The molecule has 0 unspecified atom stereocenters. The van der Waals surface area contributed by atoms with Crippen LogP contribution in [0.4, 0.5) is 33.6 Å². The summed E-state index contributed by atoms with van der Waals surface area (Å²) in [5, 5.41) is 9.58. The first-order valence-electron chi connectivity index (χ1n) is 12.7. The highest BCUT2D eigenvalue weighted by Gasteiger charge is 2.25. The van der Waals surface area contributed by atoms with E-state index in [9.17, 15) is 4.79 Å². The third-order valence-electron chi connectivity index (χ3n) is 6.39. The quantitative estimate of drug-likeness (QED) is 0.374. The van der Waals surface area contributed by atoms with Crippen molar-refractivity contribution in [3.8, 4) is 18.1 Å². The number of morpholine rings is 1. The fourth-order valence-electron chi connectivity index (χ4n) is 4.43. The van der Waals surface area contributed by atoms with E-state index in [1.54, 1.807) is 17.2 Å². The molecule has 3 heterocycles. The van der Waals surface area contributed by atoms with Gasteiger partial charge in [0, 0.05) is 50.3 Å². The Hall–Kier alpha value is -4.33. The van der Waals surface area contributed by atoms with E-state index in [0.717, 1.165) is 61.9 Å². The Morgan fingerprint density at radius 1 is 1.05 bits per heavy atom. The lowest BCUT2D eigenvalue weighted by Gasteiger charge is -2.27. The molecule has 2 aliphatic rings. The van der Waals surface area contributed by atoms with Gasteiger partial charge >= 0.3 is 6.03 Å². The molecule has 0 saturated carbocycles. The molecule has 5 rings (SSSR count). The second-order valence-corrected chi connectivity index (χ2v) is 8.96. The maximum Gasteiger partial charge on any atom is 0.321 e. The number of amides is 2. The first-order valence-corrected chi connectivity index (χ1v) is 12.7. The summed E-state index contributed by atoms with van der Waals surface area (Å²) in [4.78, 5) is 25.9. The molecule has 10 nitrogen and oxygen atoms in total. The van der Waals surface area contributed by atoms with Gasteiger partial charge in [0.05, 0.1) is 18.9 Å². The molecule has 3 aromatic rings. The van der Waals surface area contributed by atoms with Crippen LogP contribution in [0, 0.1) is 12.3 Å². The summed E-state index contributed by atoms with van der Waals surface area (Å²) in [5.41, 5.74) is 3.71. The van der Waals surface area contributed by atoms with Gasteiger partial charge in [-0.25, -0.2) is 9.78 Å². The third-order valence-corrected chi connectivity index (χ3v) is 6.39. The number of anilines is 5. The third kappa shape index (κ3) is 6.51. The fourth-order valence-corrected chi connectivity index (χ4v) is 4.43. The second kappa shape index (κ2) is 12.3. The predicted octanol–water partition coefficient (Wildman–Crippen LogP) is 3.38. The van der Waals surface area contributed by atoms with E-state index in [1.807, 2.05) is 42.5 Å². The zero-order chi connectivity index (χ0) is 26.2. The summed E-state index contributed by atoms with van der Waals surface area (Å²) < 4.78 is 10.8. The molecule has 0 aliphatic carbocycles. The standard InChI is InChI=1S/C28H31N7O3/c1-2-17-38-24-7-5-22(6-8-24)31-26-9-11-29-27(33-26)32-23-4-3-21-10-13-35(25(21)20-23)28(36)30-12-14-34-15-18-37-19-16-34/h1,3-9,11,20H,10,12-19H2,(H,30,36)(H2,29,31,32,33). The van der Waals surface area contributed by atoms with E-state index in [2.05, 4.69) is 36.7 Å². The number of rotatable bonds is 9. The van der Waals surface area contributed by atoms with Crippen LogP contribution in [0.3, 0.4) is 0 Å². The number of carbonyl (C=O) groups is 1. The minimum Gasteiger partial charge on any atom is -0.481 e. The van der Waals surface area contributed by atoms with Gasteiger partial charge < -0.3 is 25.4 Å². The Kier molecular flexibility index (Phi) is 8.18. The molecule has 2 aliphatic heterocycles. The number of hydrogen-bond donors (Lipinski definition) is 3. The first kappa shape index (κ1) is 25.3. The van der Waals surface area contributed by atoms with Crippen molar-refractivity contribution in [3.63, 3.8) is 0 Å². The highest BCUT2D eigenvalue weighted by atomic mass is 16.5. The minimum atomic E-state index is -0.0766. The van der Waals surface area contributed by atoms with Crippen LogP contribution in [-0.2, 0) is 11.2 Å². The molecule has 1 aromatic heterocycles. The van der Waals surface area contributed by atoms with Crippen LogP contribution in [0.1, 0.15) is 5.56 Å². The van der Waals surface area contributed by atoms with Crippen LogP contribution < -0.4 is 25.6 Å². The van der Waals surface area contributed by atoms with E-state index < -0.39 is 0 Å². The molecular weight excluding hydrogens is 482 g/mol. The summed E-state index contributed by atoms with van der Waals surface area (Å²) in [5.74, 6) is 4.24. The highest BCUT2D eigenvalue weighted by molar-refractivity contribution is 5.95. The number of fused-ring (bicyclic) bond motifs is 1. The van der Waals surface area contributed by atoms with Crippen LogP contribution in [0.15, 0.2) is 54.7 Å². The van der Waals surface area contributed by atoms with Crippen molar-refractivity contribution in [2.75, 3.05) is 68.1 Å². The van der Waals surface area contributed by atoms with Crippen molar-refractivity contribution in [2.24, 2.45) is 0 Å². The molecule has 10 heteroatoms. The molecule has 0 atom stereocenters. The Labute approximate surface area is 222 Å². The smallest absolute Gasteiger partial charge is 0.321 e. The molecule has 196 valence electrons. The number of terminal acetylenes is 1. The van der Waals surface area contributed by atoms with Crippen LogP contribution >= 0.6 is 0 Å². The van der Waals surface area contributed by atoms with Crippen molar-refractivity contribution >= 4 is 34.9 Å². The average Bonchev–Trinajstić information content (AvgIpc) is 3.37. The summed E-state index contributed by atoms with van der Waals surface area (Å²) in [6.45, 7) is 5.64. The van der Waals surface area contributed by atoms with Gasteiger partial charge in [-0.15, -0.1) is 6.42 Å². The second-order valence-electron chi connectivity index (χ2n) is 8.96. The van der Waals surface area contributed by atoms with Gasteiger partial charge in [0.15, 0.2) is 0 Å². The van der Waals surface area contributed by atoms with Crippen molar-refractivity contribution in [2.45, 2.75) is 6.42 Å². The van der Waals surface area contributed by atoms with Gasteiger partial charge in [-0.3, -0.25) is 9.80 Å². The number of aromatic nitrogens is 2. The zero-order valence-corrected chi connectivity index (χ0v) is 21.2. The van der Waals surface area contributed by atoms with Gasteiger partial charge in [-0.1, -0.05) is 12.0 Å². The molecule has 2 amide bonds. The molecule has 0 radical (unpaired) electrons. The lowest BCUT2D eigenvalue weighted by Crippen LogP contribution is -2.44. The number of ether oxygens (including phenoxy) is 2. The monoisotopic (exact) mass is 513 g/mol. The van der Waals surface area contributed by atoms with Gasteiger partial charge in [0.2, 0.25) is 5.95 Å². The van der Waals surface area contributed by atoms with Crippen molar-refractivity contribution in [1.82, 2.24) is 20.2 Å². The Bertz CT molecular complexity index is 1290. The molecule has 0 bridgehead atoms. The van der Waals surface area contributed by atoms with Crippen molar-refractivity contribution in [3.05, 3.63) is 60.3 Å². The van der Waals surface area contributed by atoms with Crippen LogP contribution in [0.5, 0.6) is 5.75 Å². The van der Waals surface area contributed by atoms with Gasteiger partial charge in [0.1, 0.15) is 18.2 Å². The average molecular weight is 514 g/mol. The van der Waals surface area contributed by atoms with E-state index >= 15 is 0 Å². The number of hydrogen-bond acceptors (Lipinski definition) is 8. The van der Waals surface area contributed by atoms with Gasteiger partial charge in [-0.2, -0.15) is 4.98 Å².